The van der Waals surface area contributed by atoms with Crippen molar-refractivity contribution in [3.63, 3.8) is 0 Å². The van der Waals surface area contributed by atoms with E-state index in [4.69, 9.17) is 22.1 Å². The molecule has 0 amide bonds. The van der Waals surface area contributed by atoms with Crippen molar-refractivity contribution in [3.8, 4) is 11.6 Å². The lowest BCUT2D eigenvalue weighted by Gasteiger charge is -2.11. The van der Waals surface area contributed by atoms with Crippen LogP contribution in [-0.4, -0.2) is 4.98 Å². The molecule has 1 heterocycles. The van der Waals surface area contributed by atoms with Gasteiger partial charge in [0.25, 0.3) is 0 Å². The molecule has 2 N–H and O–H groups in total. The van der Waals surface area contributed by atoms with Crippen molar-refractivity contribution in [1.29, 1.82) is 0 Å². The first-order valence-corrected chi connectivity index (χ1v) is 7.55. The fourth-order valence-electron chi connectivity index (χ4n) is 2.13. The third-order valence-electron chi connectivity index (χ3n) is 3.16. The van der Waals surface area contributed by atoms with E-state index in [2.05, 4.69) is 20.9 Å². The van der Waals surface area contributed by atoms with Crippen LogP contribution in [0.25, 0.3) is 10.8 Å². The van der Waals surface area contributed by atoms with Crippen molar-refractivity contribution < 1.29 is 4.74 Å². The van der Waals surface area contributed by atoms with Crippen molar-refractivity contribution in [2.45, 2.75) is 6.54 Å². The highest BCUT2D eigenvalue weighted by Gasteiger charge is 2.10. The number of benzene rings is 2. The minimum Gasteiger partial charge on any atom is -0.437 e. The Morgan fingerprint density at radius 3 is 2.62 bits per heavy atom. The number of halogens is 2. The Morgan fingerprint density at radius 1 is 1.14 bits per heavy atom. The molecule has 0 radical (unpaired) electrons. The number of ether oxygens (including phenoxy) is 1. The van der Waals surface area contributed by atoms with Gasteiger partial charge in [-0.2, -0.15) is 0 Å². The molecule has 0 bridgehead atoms. The third kappa shape index (κ3) is 2.88. The molecule has 3 rings (SSSR count). The molecular weight excluding hydrogens is 352 g/mol. The SMILES string of the molecule is NCc1cnc(Oc2ccc(Br)cc2Cl)c2ccccc12. The van der Waals surface area contributed by atoms with Crippen LogP contribution in [0.3, 0.4) is 0 Å². The Hall–Kier alpha value is -1.62. The summed E-state index contributed by atoms with van der Waals surface area (Å²) in [7, 11) is 0. The summed E-state index contributed by atoms with van der Waals surface area (Å²) < 4.78 is 6.77. The first-order valence-electron chi connectivity index (χ1n) is 6.38. The maximum absolute atomic E-state index is 6.19. The number of fused-ring (bicyclic) bond motifs is 1. The molecule has 0 saturated carbocycles. The molecule has 0 saturated heterocycles. The highest BCUT2D eigenvalue weighted by molar-refractivity contribution is 9.10. The first kappa shape index (κ1) is 14.3. The zero-order valence-electron chi connectivity index (χ0n) is 11.0. The lowest BCUT2D eigenvalue weighted by Crippen LogP contribution is -2.00. The van der Waals surface area contributed by atoms with Crippen molar-refractivity contribution in [2.75, 3.05) is 0 Å². The van der Waals surface area contributed by atoms with Crippen LogP contribution in [-0.2, 0) is 6.54 Å². The van der Waals surface area contributed by atoms with Gasteiger partial charge in [-0.05, 0) is 35.2 Å². The second-order valence-corrected chi connectivity index (χ2v) is 5.84. The Balaban J connectivity index is 2.09. The average Bonchev–Trinajstić information content (AvgIpc) is 2.50. The zero-order valence-corrected chi connectivity index (χ0v) is 13.4. The molecule has 0 aliphatic heterocycles. The molecule has 106 valence electrons. The van der Waals surface area contributed by atoms with Gasteiger partial charge in [-0.25, -0.2) is 4.98 Å². The zero-order chi connectivity index (χ0) is 14.8. The molecule has 0 unspecified atom stereocenters. The van der Waals surface area contributed by atoms with Crippen molar-refractivity contribution in [3.05, 3.63) is 63.7 Å². The van der Waals surface area contributed by atoms with Crippen LogP contribution < -0.4 is 10.5 Å². The fraction of sp³-hybridized carbons (Fsp3) is 0.0625. The van der Waals surface area contributed by atoms with Gasteiger partial charge in [-0.1, -0.05) is 45.7 Å². The van der Waals surface area contributed by atoms with Gasteiger partial charge in [-0.3, -0.25) is 0 Å². The minimum atomic E-state index is 0.437. The molecule has 1 aromatic heterocycles. The molecule has 0 atom stereocenters. The van der Waals surface area contributed by atoms with Gasteiger partial charge in [0.2, 0.25) is 5.88 Å². The van der Waals surface area contributed by atoms with Gasteiger partial charge in [0.1, 0.15) is 5.75 Å². The normalized spacial score (nSPS) is 10.8. The summed E-state index contributed by atoms with van der Waals surface area (Å²) in [5.74, 6) is 1.09. The number of hydrogen-bond acceptors (Lipinski definition) is 3. The number of nitrogens with two attached hydrogens (primary N) is 1. The van der Waals surface area contributed by atoms with E-state index in [-0.39, 0.29) is 0 Å². The van der Waals surface area contributed by atoms with Gasteiger partial charge in [0.05, 0.1) is 5.02 Å². The third-order valence-corrected chi connectivity index (χ3v) is 3.95. The summed E-state index contributed by atoms with van der Waals surface area (Å²) in [5, 5.41) is 2.48. The van der Waals surface area contributed by atoms with Gasteiger partial charge >= 0.3 is 0 Å². The van der Waals surface area contributed by atoms with E-state index in [0.29, 0.717) is 23.2 Å². The summed E-state index contributed by atoms with van der Waals surface area (Å²) in [4.78, 5) is 4.36. The van der Waals surface area contributed by atoms with Gasteiger partial charge in [0, 0.05) is 22.6 Å². The van der Waals surface area contributed by atoms with E-state index in [9.17, 15) is 0 Å². The van der Waals surface area contributed by atoms with E-state index in [1.807, 2.05) is 30.3 Å². The van der Waals surface area contributed by atoms with Crippen molar-refractivity contribution >= 4 is 38.3 Å². The van der Waals surface area contributed by atoms with Crippen molar-refractivity contribution in [1.82, 2.24) is 4.98 Å². The number of hydrogen-bond donors (Lipinski definition) is 1. The Kier molecular flexibility index (Phi) is 4.10. The summed E-state index contributed by atoms with van der Waals surface area (Å²) in [6.45, 7) is 0.437. The number of aromatic nitrogens is 1. The number of nitrogens with zero attached hydrogens (tertiary/aromatic N) is 1. The monoisotopic (exact) mass is 362 g/mol. The molecule has 0 aliphatic rings. The standard InChI is InChI=1S/C16H12BrClN2O/c17-11-5-6-15(14(18)7-11)21-16-13-4-2-1-3-12(13)10(8-19)9-20-16/h1-7,9H,8,19H2. The topological polar surface area (TPSA) is 48.1 Å². The first-order chi connectivity index (χ1) is 10.2. The predicted molar refractivity (Wildman–Crippen MR) is 88.9 cm³/mol. The lowest BCUT2D eigenvalue weighted by molar-refractivity contribution is 0.469. The van der Waals surface area contributed by atoms with Crippen LogP contribution in [0.1, 0.15) is 5.56 Å². The van der Waals surface area contributed by atoms with E-state index in [0.717, 1.165) is 20.8 Å². The molecule has 3 nitrogen and oxygen atoms in total. The Labute approximate surface area is 135 Å². The van der Waals surface area contributed by atoms with Crippen LogP contribution in [0.2, 0.25) is 5.02 Å². The van der Waals surface area contributed by atoms with Gasteiger partial charge in [0.15, 0.2) is 0 Å². The van der Waals surface area contributed by atoms with E-state index >= 15 is 0 Å². The second-order valence-electron chi connectivity index (χ2n) is 4.52. The molecule has 2 aromatic carbocycles. The average molecular weight is 364 g/mol. The second kappa shape index (κ2) is 6.02. The van der Waals surface area contributed by atoms with Gasteiger partial charge < -0.3 is 10.5 Å². The van der Waals surface area contributed by atoms with Gasteiger partial charge in [-0.15, -0.1) is 0 Å². The maximum Gasteiger partial charge on any atom is 0.227 e. The van der Waals surface area contributed by atoms with E-state index in [1.54, 1.807) is 18.3 Å². The molecular formula is C16H12BrClN2O. The van der Waals surface area contributed by atoms with Crippen molar-refractivity contribution in [2.24, 2.45) is 5.73 Å². The molecule has 0 spiro atoms. The van der Waals surface area contributed by atoms with Crippen LogP contribution in [0, 0.1) is 0 Å². The van der Waals surface area contributed by atoms with E-state index in [1.165, 1.54) is 0 Å². The summed E-state index contributed by atoms with van der Waals surface area (Å²) in [5.41, 5.74) is 6.74. The van der Waals surface area contributed by atoms with Crippen LogP contribution >= 0.6 is 27.5 Å². The van der Waals surface area contributed by atoms with E-state index < -0.39 is 0 Å². The summed E-state index contributed by atoms with van der Waals surface area (Å²) in [6, 6.07) is 13.3. The minimum absolute atomic E-state index is 0.437. The summed E-state index contributed by atoms with van der Waals surface area (Å²) in [6.07, 6.45) is 1.74. The molecule has 21 heavy (non-hydrogen) atoms. The Morgan fingerprint density at radius 2 is 1.90 bits per heavy atom. The molecule has 5 heteroatoms. The molecule has 3 aromatic rings. The highest BCUT2D eigenvalue weighted by atomic mass is 79.9. The maximum atomic E-state index is 6.19. The largest absolute Gasteiger partial charge is 0.437 e. The lowest BCUT2D eigenvalue weighted by atomic mass is 10.1. The van der Waals surface area contributed by atoms with Crippen LogP contribution in [0.15, 0.2) is 53.1 Å². The summed E-state index contributed by atoms with van der Waals surface area (Å²) >= 11 is 9.56. The molecule has 0 aliphatic carbocycles. The number of pyridine rings is 1. The fourth-order valence-corrected chi connectivity index (χ4v) is 2.84. The smallest absolute Gasteiger partial charge is 0.227 e. The highest BCUT2D eigenvalue weighted by Crippen LogP contribution is 2.34. The predicted octanol–water partition coefficient (Wildman–Crippen LogP) is 4.90. The van der Waals surface area contributed by atoms with Crippen LogP contribution in [0.5, 0.6) is 11.6 Å². The Bertz CT molecular complexity index is 807. The molecule has 0 fully saturated rings. The number of rotatable bonds is 3. The van der Waals surface area contributed by atoms with Crippen LogP contribution in [0.4, 0.5) is 0 Å². The quantitative estimate of drug-likeness (QED) is 0.720.